The van der Waals surface area contributed by atoms with Gasteiger partial charge in [0, 0.05) is 13.1 Å². The van der Waals surface area contributed by atoms with E-state index in [4.69, 9.17) is 4.74 Å². The van der Waals surface area contributed by atoms with Gasteiger partial charge in [0.05, 0.1) is 22.1 Å². The summed E-state index contributed by atoms with van der Waals surface area (Å²) in [5, 5.41) is 2.67. The molecule has 1 amide bonds. The Morgan fingerprint density at radius 1 is 1.16 bits per heavy atom. The van der Waals surface area contributed by atoms with E-state index in [1.54, 1.807) is 0 Å². The number of sulfone groups is 1. The highest BCUT2D eigenvalue weighted by atomic mass is 32.2. The van der Waals surface area contributed by atoms with Gasteiger partial charge in [0.1, 0.15) is 11.6 Å². The lowest BCUT2D eigenvalue weighted by Gasteiger charge is -2.21. The molecular formula is C20H23FN2O6S2. The molecule has 0 aromatic heterocycles. The molecule has 11 heteroatoms. The Hall–Kier alpha value is -2.66. The lowest BCUT2D eigenvalue weighted by atomic mass is 10.2. The van der Waals surface area contributed by atoms with Crippen LogP contribution in [0.1, 0.15) is 13.3 Å². The van der Waals surface area contributed by atoms with E-state index in [1.165, 1.54) is 50.4 Å². The molecule has 2 aromatic rings. The Bertz CT molecular complexity index is 1150. The number of carbonyl (C=O) groups excluding carboxylic acids is 1. The van der Waals surface area contributed by atoms with Crippen molar-refractivity contribution in [1.29, 1.82) is 0 Å². The van der Waals surface area contributed by atoms with Gasteiger partial charge in [0.2, 0.25) is 0 Å². The molecule has 1 aliphatic rings. The number of hydrogen-bond donors (Lipinski definition) is 1. The van der Waals surface area contributed by atoms with E-state index in [0.29, 0.717) is 17.9 Å². The first-order valence-electron chi connectivity index (χ1n) is 9.50. The highest BCUT2D eigenvalue weighted by Gasteiger charge is 2.30. The van der Waals surface area contributed by atoms with Gasteiger partial charge in [-0.25, -0.2) is 21.2 Å². The van der Waals surface area contributed by atoms with Gasteiger partial charge < -0.3 is 10.1 Å². The molecule has 2 aromatic carbocycles. The quantitative estimate of drug-likeness (QED) is 0.660. The lowest BCUT2D eigenvalue weighted by Crippen LogP contribution is -2.43. The molecule has 8 nitrogen and oxygen atoms in total. The minimum Gasteiger partial charge on any atom is -0.481 e. The van der Waals surface area contributed by atoms with Crippen LogP contribution >= 0.6 is 0 Å². The number of benzene rings is 2. The number of anilines is 1. The molecule has 0 spiro atoms. The number of hydrogen-bond acceptors (Lipinski definition) is 6. The summed E-state index contributed by atoms with van der Waals surface area (Å²) in [6.45, 7) is 1.54. The van der Waals surface area contributed by atoms with Crippen LogP contribution in [0.25, 0.3) is 0 Å². The van der Waals surface area contributed by atoms with E-state index in [9.17, 15) is 26.0 Å². The van der Waals surface area contributed by atoms with Gasteiger partial charge in [0.25, 0.3) is 15.9 Å². The maximum Gasteiger partial charge on any atom is 0.264 e. The SMILES string of the molecule is C[C@@H](Oc1ccc(N(C)S(=O)(=O)c2ccc(F)cc2)cc1)C(=O)N[C@@H]1CCS(=O)(=O)C1. The second kappa shape index (κ2) is 8.83. The van der Waals surface area contributed by atoms with E-state index < -0.39 is 43.7 Å². The zero-order chi connectivity index (χ0) is 22.8. The first kappa shape index (κ1) is 23.0. The van der Waals surface area contributed by atoms with E-state index in [-0.39, 0.29) is 16.4 Å². The van der Waals surface area contributed by atoms with Gasteiger partial charge in [-0.1, -0.05) is 0 Å². The third-order valence-electron chi connectivity index (χ3n) is 4.93. The standard InChI is InChI=1S/C20H23FN2O6S2/c1-14(20(24)22-16-11-12-30(25,26)13-16)29-18-7-5-17(6-8-18)23(2)31(27,28)19-9-3-15(21)4-10-19/h3-10,14,16H,11-13H2,1-2H3,(H,22,24)/t14-,16-/m1/s1. The van der Waals surface area contributed by atoms with Gasteiger partial charge in [-0.2, -0.15) is 0 Å². The first-order valence-corrected chi connectivity index (χ1v) is 12.8. The number of rotatable bonds is 7. The highest BCUT2D eigenvalue weighted by Crippen LogP contribution is 2.25. The summed E-state index contributed by atoms with van der Waals surface area (Å²) in [7, 11) is -5.59. The summed E-state index contributed by atoms with van der Waals surface area (Å²) < 4.78 is 68.1. The van der Waals surface area contributed by atoms with Crippen molar-refractivity contribution in [3.05, 3.63) is 54.3 Å². The van der Waals surface area contributed by atoms with Crippen LogP contribution in [0.5, 0.6) is 5.75 Å². The second-order valence-corrected chi connectivity index (χ2v) is 11.5. The average molecular weight is 471 g/mol. The van der Waals surface area contributed by atoms with Crippen molar-refractivity contribution in [3.8, 4) is 5.75 Å². The fourth-order valence-electron chi connectivity index (χ4n) is 3.12. The Balaban J connectivity index is 1.63. The fourth-order valence-corrected chi connectivity index (χ4v) is 5.99. The smallest absolute Gasteiger partial charge is 0.264 e. The van der Waals surface area contributed by atoms with E-state index >= 15 is 0 Å². The number of sulfonamides is 1. The zero-order valence-corrected chi connectivity index (χ0v) is 18.6. The molecule has 1 heterocycles. The number of nitrogens with one attached hydrogen (secondary N) is 1. The average Bonchev–Trinajstić information content (AvgIpc) is 3.06. The number of carbonyl (C=O) groups is 1. The topological polar surface area (TPSA) is 110 Å². The molecule has 31 heavy (non-hydrogen) atoms. The van der Waals surface area contributed by atoms with E-state index in [1.807, 2.05) is 0 Å². The highest BCUT2D eigenvalue weighted by molar-refractivity contribution is 7.92. The van der Waals surface area contributed by atoms with Crippen molar-refractivity contribution < 1.29 is 30.8 Å². The van der Waals surface area contributed by atoms with Crippen LogP contribution in [0.2, 0.25) is 0 Å². The van der Waals surface area contributed by atoms with Crippen LogP contribution in [0, 0.1) is 5.82 Å². The Kier molecular flexibility index (Phi) is 6.56. The molecule has 1 aliphatic heterocycles. The van der Waals surface area contributed by atoms with Crippen molar-refractivity contribution in [2.45, 2.75) is 30.4 Å². The molecule has 0 unspecified atom stereocenters. The summed E-state index contributed by atoms with van der Waals surface area (Å²) in [6.07, 6.45) is -0.487. The normalized spacial score (nSPS) is 18.9. The Morgan fingerprint density at radius 2 is 1.77 bits per heavy atom. The molecular weight excluding hydrogens is 447 g/mol. The van der Waals surface area contributed by atoms with Crippen LogP contribution in [0.15, 0.2) is 53.4 Å². The predicted molar refractivity (Wildman–Crippen MR) is 114 cm³/mol. The molecule has 168 valence electrons. The third-order valence-corrected chi connectivity index (χ3v) is 8.50. The predicted octanol–water partition coefficient (Wildman–Crippen LogP) is 1.72. The van der Waals surface area contributed by atoms with E-state index in [2.05, 4.69) is 5.32 Å². The summed E-state index contributed by atoms with van der Waals surface area (Å²) in [5.41, 5.74) is 0.352. The van der Waals surface area contributed by atoms with Crippen LogP contribution in [0.3, 0.4) is 0 Å². The Morgan fingerprint density at radius 3 is 2.32 bits per heavy atom. The van der Waals surface area contributed by atoms with Crippen molar-refractivity contribution in [2.75, 3.05) is 22.9 Å². The minimum atomic E-state index is -3.87. The summed E-state index contributed by atoms with van der Waals surface area (Å²) in [4.78, 5) is 12.2. The number of amides is 1. The van der Waals surface area contributed by atoms with Gasteiger partial charge in [-0.3, -0.25) is 9.10 Å². The maximum atomic E-state index is 13.1. The summed E-state index contributed by atoms with van der Waals surface area (Å²) >= 11 is 0. The molecule has 0 saturated carbocycles. The second-order valence-electron chi connectivity index (χ2n) is 7.29. The number of nitrogens with zero attached hydrogens (tertiary/aromatic N) is 1. The van der Waals surface area contributed by atoms with E-state index in [0.717, 1.165) is 16.4 Å². The molecule has 1 saturated heterocycles. The molecule has 2 atom stereocenters. The van der Waals surface area contributed by atoms with Gasteiger partial charge in [-0.15, -0.1) is 0 Å². The van der Waals surface area contributed by atoms with Crippen LogP contribution in [-0.2, 0) is 24.7 Å². The largest absolute Gasteiger partial charge is 0.481 e. The molecule has 1 fully saturated rings. The van der Waals surface area contributed by atoms with Crippen molar-refractivity contribution in [2.24, 2.45) is 0 Å². The zero-order valence-electron chi connectivity index (χ0n) is 17.0. The molecule has 1 N–H and O–H groups in total. The molecule has 0 bridgehead atoms. The Labute approximate surface area is 181 Å². The van der Waals surface area contributed by atoms with Gasteiger partial charge in [0.15, 0.2) is 15.9 Å². The third kappa shape index (κ3) is 5.53. The fraction of sp³-hybridized carbons (Fsp3) is 0.350. The summed E-state index contributed by atoms with van der Waals surface area (Å²) in [6, 6.07) is 10.2. The van der Waals surface area contributed by atoms with Crippen molar-refractivity contribution in [3.63, 3.8) is 0 Å². The first-order chi connectivity index (χ1) is 14.5. The monoisotopic (exact) mass is 470 g/mol. The molecule has 3 rings (SSSR count). The number of halogens is 1. The van der Waals surface area contributed by atoms with Gasteiger partial charge >= 0.3 is 0 Å². The minimum absolute atomic E-state index is 0.0454. The molecule has 0 aliphatic carbocycles. The van der Waals surface area contributed by atoms with Crippen LogP contribution in [-0.4, -0.2) is 53.4 Å². The van der Waals surface area contributed by atoms with Crippen LogP contribution < -0.4 is 14.4 Å². The maximum absolute atomic E-state index is 13.1. The molecule has 0 radical (unpaired) electrons. The van der Waals surface area contributed by atoms with Crippen molar-refractivity contribution >= 4 is 31.5 Å². The van der Waals surface area contributed by atoms with Crippen molar-refractivity contribution in [1.82, 2.24) is 5.32 Å². The number of ether oxygens (including phenoxy) is 1. The summed E-state index contributed by atoms with van der Waals surface area (Å²) in [5.74, 6) is -0.631. The van der Waals surface area contributed by atoms with Crippen LogP contribution in [0.4, 0.5) is 10.1 Å². The lowest BCUT2D eigenvalue weighted by molar-refractivity contribution is -0.127. The van der Waals surface area contributed by atoms with Gasteiger partial charge in [-0.05, 0) is 61.9 Å².